The maximum Gasteiger partial charge on any atom is 0.335 e. The molecule has 1 atom stereocenters. The number of carboxylic acids is 1. The zero-order chi connectivity index (χ0) is 18.0. The molecule has 1 heterocycles. The van der Waals surface area contributed by atoms with E-state index in [4.69, 9.17) is 16.7 Å². The van der Waals surface area contributed by atoms with Gasteiger partial charge in [-0.3, -0.25) is 9.59 Å². The molecule has 128 valence electrons. The van der Waals surface area contributed by atoms with E-state index in [1.807, 2.05) is 0 Å². The van der Waals surface area contributed by atoms with Gasteiger partial charge in [-0.1, -0.05) is 17.7 Å². The Bertz CT molecular complexity index is 871. The quantitative estimate of drug-likeness (QED) is 0.759. The molecule has 2 aromatic carbocycles. The second kappa shape index (κ2) is 7.16. The molecule has 2 aromatic rings. The molecule has 0 unspecified atom stereocenters. The van der Waals surface area contributed by atoms with Gasteiger partial charge in [-0.25, -0.2) is 4.79 Å². The predicted octanol–water partition coefficient (Wildman–Crippen LogP) is 3.48. The summed E-state index contributed by atoms with van der Waals surface area (Å²) < 4.78 is 0. The zero-order valence-corrected chi connectivity index (χ0v) is 14.4. The SMILES string of the molecule is O=C(C[C@@H]1Sc2cc(C(=O)O)ccc2NC1=O)Nc1cccc(Cl)c1. The lowest BCUT2D eigenvalue weighted by atomic mass is 10.2. The number of aromatic carboxylic acids is 1. The molecule has 0 saturated heterocycles. The van der Waals surface area contributed by atoms with Gasteiger partial charge in [0.15, 0.2) is 0 Å². The molecule has 3 rings (SSSR count). The van der Waals surface area contributed by atoms with Crippen molar-refractivity contribution in [3.63, 3.8) is 0 Å². The van der Waals surface area contributed by atoms with Crippen LogP contribution in [0.15, 0.2) is 47.4 Å². The van der Waals surface area contributed by atoms with E-state index in [9.17, 15) is 14.4 Å². The van der Waals surface area contributed by atoms with Gasteiger partial charge in [0.25, 0.3) is 0 Å². The second-order valence-corrected chi connectivity index (χ2v) is 7.06. The number of rotatable bonds is 4. The molecule has 2 amide bonds. The van der Waals surface area contributed by atoms with Crippen LogP contribution in [0.2, 0.25) is 5.02 Å². The van der Waals surface area contributed by atoms with E-state index in [1.54, 1.807) is 30.3 Å². The van der Waals surface area contributed by atoms with E-state index in [2.05, 4.69) is 10.6 Å². The van der Waals surface area contributed by atoms with Crippen LogP contribution in [-0.4, -0.2) is 28.1 Å². The molecule has 1 aliphatic rings. The Morgan fingerprint density at radius 1 is 1.24 bits per heavy atom. The maximum absolute atomic E-state index is 12.2. The summed E-state index contributed by atoms with van der Waals surface area (Å²) >= 11 is 7.05. The number of nitrogens with one attached hydrogen (secondary N) is 2. The summed E-state index contributed by atoms with van der Waals surface area (Å²) in [5.74, 6) is -1.66. The van der Waals surface area contributed by atoms with Crippen LogP contribution in [0.4, 0.5) is 11.4 Å². The first-order valence-corrected chi connectivity index (χ1v) is 8.58. The predicted molar refractivity (Wildman–Crippen MR) is 96.4 cm³/mol. The largest absolute Gasteiger partial charge is 0.478 e. The summed E-state index contributed by atoms with van der Waals surface area (Å²) in [6.07, 6.45) is -0.0419. The summed E-state index contributed by atoms with van der Waals surface area (Å²) in [6, 6.07) is 11.2. The Hall–Kier alpha value is -2.51. The first-order chi connectivity index (χ1) is 11.9. The fourth-order valence-electron chi connectivity index (χ4n) is 2.36. The summed E-state index contributed by atoms with van der Waals surface area (Å²) in [5.41, 5.74) is 1.23. The normalized spacial score (nSPS) is 15.9. The van der Waals surface area contributed by atoms with E-state index in [-0.39, 0.29) is 23.8 Å². The average molecular weight is 377 g/mol. The Morgan fingerprint density at radius 3 is 2.76 bits per heavy atom. The van der Waals surface area contributed by atoms with Gasteiger partial charge in [0.2, 0.25) is 11.8 Å². The molecule has 8 heteroatoms. The van der Waals surface area contributed by atoms with Crippen molar-refractivity contribution in [2.24, 2.45) is 0 Å². The maximum atomic E-state index is 12.2. The molecule has 6 nitrogen and oxygen atoms in total. The Kier molecular flexibility index (Phi) is 4.96. The molecule has 0 aliphatic carbocycles. The minimum atomic E-state index is -1.05. The average Bonchev–Trinajstić information content (AvgIpc) is 2.55. The van der Waals surface area contributed by atoms with Crippen molar-refractivity contribution in [3.8, 4) is 0 Å². The molecular weight excluding hydrogens is 364 g/mol. The summed E-state index contributed by atoms with van der Waals surface area (Å²) in [7, 11) is 0. The van der Waals surface area contributed by atoms with Crippen LogP contribution in [0, 0.1) is 0 Å². The molecule has 0 saturated carbocycles. The lowest BCUT2D eigenvalue weighted by molar-refractivity contribution is -0.120. The summed E-state index contributed by atoms with van der Waals surface area (Å²) in [4.78, 5) is 36.0. The lowest BCUT2D eigenvalue weighted by Crippen LogP contribution is -2.32. The molecule has 0 fully saturated rings. The number of benzene rings is 2. The van der Waals surface area contributed by atoms with Crippen LogP contribution < -0.4 is 10.6 Å². The number of amides is 2. The van der Waals surface area contributed by atoms with Crippen LogP contribution in [0.25, 0.3) is 0 Å². The van der Waals surface area contributed by atoms with Gasteiger partial charge in [0, 0.05) is 22.0 Å². The van der Waals surface area contributed by atoms with Crippen LogP contribution in [0.5, 0.6) is 0 Å². The number of hydrogen-bond acceptors (Lipinski definition) is 4. The number of carbonyl (C=O) groups excluding carboxylic acids is 2. The van der Waals surface area contributed by atoms with Gasteiger partial charge in [0.05, 0.1) is 16.5 Å². The monoisotopic (exact) mass is 376 g/mol. The van der Waals surface area contributed by atoms with Crippen LogP contribution in [0.3, 0.4) is 0 Å². The van der Waals surface area contributed by atoms with E-state index < -0.39 is 11.2 Å². The highest BCUT2D eigenvalue weighted by atomic mass is 35.5. The molecular formula is C17H13ClN2O4S. The fourth-order valence-corrected chi connectivity index (χ4v) is 3.70. The Morgan fingerprint density at radius 2 is 2.04 bits per heavy atom. The summed E-state index contributed by atoms with van der Waals surface area (Å²) in [6.45, 7) is 0. The summed E-state index contributed by atoms with van der Waals surface area (Å²) in [5, 5.41) is 14.3. The highest BCUT2D eigenvalue weighted by molar-refractivity contribution is 8.01. The van der Waals surface area contributed by atoms with Crippen molar-refractivity contribution < 1.29 is 19.5 Å². The van der Waals surface area contributed by atoms with E-state index in [0.29, 0.717) is 21.3 Å². The third kappa shape index (κ3) is 4.12. The standard InChI is InChI=1S/C17H13ClN2O4S/c18-10-2-1-3-11(7-10)19-15(21)8-14-16(22)20-12-5-4-9(17(23)24)6-13(12)25-14/h1-7,14H,8H2,(H,19,21)(H,20,22)(H,23,24)/t14-/m0/s1. The van der Waals surface area contributed by atoms with Crippen LogP contribution in [-0.2, 0) is 9.59 Å². The first-order valence-electron chi connectivity index (χ1n) is 7.32. The third-order valence-corrected chi connectivity index (χ3v) is 5.02. The molecule has 0 bridgehead atoms. The van der Waals surface area contributed by atoms with Gasteiger partial charge in [-0.15, -0.1) is 11.8 Å². The molecule has 25 heavy (non-hydrogen) atoms. The lowest BCUT2D eigenvalue weighted by Gasteiger charge is -2.24. The number of fused-ring (bicyclic) bond motifs is 1. The zero-order valence-electron chi connectivity index (χ0n) is 12.8. The highest BCUT2D eigenvalue weighted by Crippen LogP contribution is 2.37. The van der Waals surface area contributed by atoms with E-state index in [1.165, 1.54) is 23.9 Å². The molecule has 0 aromatic heterocycles. The molecule has 0 radical (unpaired) electrons. The van der Waals surface area contributed by atoms with Crippen LogP contribution >= 0.6 is 23.4 Å². The van der Waals surface area contributed by atoms with Crippen molar-refractivity contribution in [2.75, 3.05) is 10.6 Å². The van der Waals surface area contributed by atoms with Crippen LogP contribution in [0.1, 0.15) is 16.8 Å². The third-order valence-electron chi connectivity index (χ3n) is 3.53. The topological polar surface area (TPSA) is 95.5 Å². The number of thioether (sulfide) groups is 1. The van der Waals surface area contributed by atoms with Crippen molar-refractivity contribution >= 4 is 52.5 Å². The van der Waals surface area contributed by atoms with Crippen molar-refractivity contribution in [2.45, 2.75) is 16.6 Å². The molecule has 1 aliphatic heterocycles. The second-order valence-electron chi connectivity index (χ2n) is 5.37. The van der Waals surface area contributed by atoms with Gasteiger partial charge >= 0.3 is 5.97 Å². The van der Waals surface area contributed by atoms with Gasteiger partial charge in [-0.2, -0.15) is 0 Å². The highest BCUT2D eigenvalue weighted by Gasteiger charge is 2.29. The smallest absolute Gasteiger partial charge is 0.335 e. The van der Waals surface area contributed by atoms with Gasteiger partial charge < -0.3 is 15.7 Å². The Labute approximate surface area is 152 Å². The number of carbonyl (C=O) groups is 3. The number of carboxylic acid groups (broad SMARTS) is 1. The number of hydrogen-bond donors (Lipinski definition) is 3. The van der Waals surface area contributed by atoms with Gasteiger partial charge in [-0.05, 0) is 36.4 Å². The Balaban J connectivity index is 1.70. The number of halogens is 1. The molecule has 0 spiro atoms. The van der Waals surface area contributed by atoms with E-state index >= 15 is 0 Å². The van der Waals surface area contributed by atoms with Crippen molar-refractivity contribution in [3.05, 3.63) is 53.1 Å². The first kappa shape index (κ1) is 17.3. The molecule has 3 N–H and O–H groups in total. The fraction of sp³-hybridized carbons (Fsp3) is 0.118. The van der Waals surface area contributed by atoms with Gasteiger partial charge in [0.1, 0.15) is 0 Å². The number of anilines is 2. The minimum absolute atomic E-state index is 0.0419. The van der Waals surface area contributed by atoms with Crippen molar-refractivity contribution in [1.29, 1.82) is 0 Å². The minimum Gasteiger partial charge on any atom is -0.478 e. The van der Waals surface area contributed by atoms with E-state index in [0.717, 1.165) is 0 Å². The van der Waals surface area contributed by atoms with Crippen molar-refractivity contribution in [1.82, 2.24) is 0 Å².